The lowest BCUT2D eigenvalue weighted by atomic mass is 10.1. The van der Waals surface area contributed by atoms with Crippen LogP contribution in [-0.2, 0) is 9.59 Å². The number of carbonyl (C=O) groups is 2. The third kappa shape index (κ3) is 5.82. The number of aryl methyl sites for hydroxylation is 1. The number of rotatable bonds is 7. The van der Waals surface area contributed by atoms with Crippen molar-refractivity contribution >= 4 is 40.6 Å². The number of nitrogens with zero attached hydrogens (tertiary/aromatic N) is 4. The molecule has 192 valence electrons. The summed E-state index contributed by atoms with van der Waals surface area (Å²) >= 11 is 0. The van der Waals surface area contributed by atoms with Gasteiger partial charge in [-0.05, 0) is 62.6 Å². The Morgan fingerprint density at radius 3 is 2.51 bits per heavy atom. The van der Waals surface area contributed by atoms with Gasteiger partial charge in [0.05, 0.1) is 13.0 Å². The van der Waals surface area contributed by atoms with E-state index in [9.17, 15) is 9.59 Å². The molecule has 1 unspecified atom stereocenters. The molecule has 1 aromatic heterocycles. The molecule has 5 rings (SSSR count). The van der Waals surface area contributed by atoms with Gasteiger partial charge in [0.15, 0.2) is 0 Å². The predicted molar refractivity (Wildman–Crippen MR) is 145 cm³/mol. The molecular weight excluding hydrogens is 468 g/mol. The normalized spacial score (nSPS) is 17.6. The highest BCUT2D eigenvalue weighted by Crippen LogP contribution is 2.29. The molecule has 1 atom stereocenters. The van der Waals surface area contributed by atoms with E-state index >= 15 is 0 Å². The van der Waals surface area contributed by atoms with Crippen molar-refractivity contribution in [2.75, 3.05) is 47.2 Å². The minimum Gasteiger partial charge on any atom is -0.497 e. The van der Waals surface area contributed by atoms with Crippen LogP contribution in [0, 0.1) is 12.8 Å². The second kappa shape index (κ2) is 10.9. The topological polar surface area (TPSA) is 99.7 Å². The van der Waals surface area contributed by atoms with E-state index in [0.29, 0.717) is 18.0 Å². The zero-order valence-corrected chi connectivity index (χ0v) is 21.2. The summed E-state index contributed by atoms with van der Waals surface area (Å²) < 4.78 is 5.26. The fourth-order valence-corrected chi connectivity index (χ4v) is 4.79. The third-order valence-corrected chi connectivity index (χ3v) is 6.77. The van der Waals surface area contributed by atoms with E-state index in [-0.39, 0.29) is 18.2 Å². The molecule has 2 aromatic carbocycles. The van der Waals surface area contributed by atoms with Gasteiger partial charge in [0.2, 0.25) is 17.8 Å². The Hall–Kier alpha value is -4.14. The lowest BCUT2D eigenvalue weighted by molar-refractivity contribution is -0.122. The summed E-state index contributed by atoms with van der Waals surface area (Å²) in [4.78, 5) is 38.7. The number of amides is 2. The van der Waals surface area contributed by atoms with Crippen LogP contribution in [0.1, 0.15) is 31.4 Å². The van der Waals surface area contributed by atoms with Crippen molar-refractivity contribution in [1.82, 2.24) is 9.97 Å². The molecule has 2 saturated heterocycles. The molecule has 0 aliphatic carbocycles. The predicted octanol–water partition coefficient (Wildman–Crippen LogP) is 4.52. The fourth-order valence-electron chi connectivity index (χ4n) is 4.79. The van der Waals surface area contributed by atoms with Crippen molar-refractivity contribution in [2.45, 2.75) is 32.6 Å². The van der Waals surface area contributed by atoms with Gasteiger partial charge in [-0.25, -0.2) is 4.98 Å². The molecule has 2 N–H and O–H groups in total. The van der Waals surface area contributed by atoms with Gasteiger partial charge in [0, 0.05) is 60.9 Å². The molecule has 0 bridgehead atoms. The molecular formula is C28H32N6O3. The van der Waals surface area contributed by atoms with Gasteiger partial charge >= 0.3 is 0 Å². The van der Waals surface area contributed by atoms with E-state index in [2.05, 4.69) is 20.5 Å². The summed E-state index contributed by atoms with van der Waals surface area (Å²) in [6.45, 7) is 4.29. The van der Waals surface area contributed by atoms with Crippen LogP contribution in [0.3, 0.4) is 0 Å². The second-order valence-electron chi connectivity index (χ2n) is 9.54. The summed E-state index contributed by atoms with van der Waals surface area (Å²) in [7, 11) is 1.59. The Bertz CT molecular complexity index is 1270. The molecule has 0 saturated carbocycles. The molecule has 2 amide bonds. The van der Waals surface area contributed by atoms with Gasteiger partial charge in [0.25, 0.3) is 0 Å². The lowest BCUT2D eigenvalue weighted by Crippen LogP contribution is -2.31. The summed E-state index contributed by atoms with van der Waals surface area (Å²) in [6.07, 6.45) is 3.77. The van der Waals surface area contributed by atoms with Crippen molar-refractivity contribution in [3.63, 3.8) is 0 Å². The van der Waals surface area contributed by atoms with Crippen LogP contribution in [0.15, 0.2) is 54.6 Å². The van der Waals surface area contributed by atoms with Gasteiger partial charge in [0.1, 0.15) is 11.6 Å². The molecule has 9 nitrogen and oxygen atoms in total. The highest BCUT2D eigenvalue weighted by Gasteiger charge is 2.35. The number of hydrogen-bond donors (Lipinski definition) is 2. The first-order valence-corrected chi connectivity index (χ1v) is 12.7. The Morgan fingerprint density at radius 1 is 1.00 bits per heavy atom. The maximum absolute atomic E-state index is 12.9. The molecule has 9 heteroatoms. The zero-order chi connectivity index (χ0) is 25.8. The Balaban J connectivity index is 1.20. The molecule has 2 aliphatic heterocycles. The number of aromatic nitrogens is 2. The number of anilines is 5. The van der Waals surface area contributed by atoms with Gasteiger partial charge in [-0.1, -0.05) is 6.07 Å². The second-order valence-corrected chi connectivity index (χ2v) is 9.54. The standard InChI is InChI=1S/C28H32N6O3/c1-19-15-25(32-28(29-19)33-13-4-3-5-14-33)30-21-9-11-22(12-10-21)31-27(36)20-16-26(35)34(18-20)23-7-6-8-24(17-23)37-2/h6-12,15,17,20H,3-5,13-14,16,18H2,1-2H3,(H,31,36)(H,29,30,32). The van der Waals surface area contributed by atoms with Gasteiger partial charge < -0.3 is 25.2 Å². The number of benzene rings is 2. The van der Waals surface area contributed by atoms with Gasteiger partial charge in [-0.2, -0.15) is 4.98 Å². The van der Waals surface area contributed by atoms with Crippen LogP contribution >= 0.6 is 0 Å². The maximum atomic E-state index is 12.9. The van der Waals surface area contributed by atoms with Crippen LogP contribution in [0.5, 0.6) is 5.75 Å². The Kier molecular flexibility index (Phi) is 7.20. The van der Waals surface area contributed by atoms with Gasteiger partial charge in [-0.3, -0.25) is 9.59 Å². The monoisotopic (exact) mass is 500 g/mol. The largest absolute Gasteiger partial charge is 0.497 e. The number of ether oxygens (including phenoxy) is 1. The molecule has 37 heavy (non-hydrogen) atoms. The molecule has 3 heterocycles. The third-order valence-electron chi connectivity index (χ3n) is 6.77. The van der Waals surface area contributed by atoms with Crippen molar-refractivity contribution in [1.29, 1.82) is 0 Å². The summed E-state index contributed by atoms with van der Waals surface area (Å²) in [5, 5.41) is 6.30. The van der Waals surface area contributed by atoms with E-state index in [0.717, 1.165) is 41.9 Å². The molecule has 0 radical (unpaired) electrons. The average Bonchev–Trinajstić information content (AvgIpc) is 3.32. The number of carbonyl (C=O) groups excluding carboxylic acids is 2. The summed E-state index contributed by atoms with van der Waals surface area (Å²) in [5.74, 6) is 1.52. The quantitative estimate of drug-likeness (QED) is 0.492. The lowest BCUT2D eigenvalue weighted by Gasteiger charge is -2.27. The van der Waals surface area contributed by atoms with E-state index in [4.69, 9.17) is 9.72 Å². The zero-order valence-electron chi connectivity index (χ0n) is 21.2. The number of methoxy groups -OCH3 is 1. The first kappa shape index (κ1) is 24.5. The first-order valence-electron chi connectivity index (χ1n) is 12.7. The highest BCUT2D eigenvalue weighted by atomic mass is 16.5. The minimum absolute atomic E-state index is 0.0722. The smallest absolute Gasteiger partial charge is 0.229 e. The fraction of sp³-hybridized carbons (Fsp3) is 0.357. The van der Waals surface area contributed by atoms with Crippen molar-refractivity contribution in [3.8, 4) is 5.75 Å². The Labute approximate surface area is 216 Å². The Morgan fingerprint density at radius 2 is 1.76 bits per heavy atom. The van der Waals surface area contributed by atoms with Crippen molar-refractivity contribution in [3.05, 3.63) is 60.3 Å². The molecule has 3 aromatic rings. The molecule has 2 fully saturated rings. The maximum Gasteiger partial charge on any atom is 0.229 e. The summed E-state index contributed by atoms with van der Waals surface area (Å²) in [6, 6.07) is 16.7. The van der Waals surface area contributed by atoms with E-state index in [1.54, 1.807) is 18.1 Å². The van der Waals surface area contributed by atoms with Crippen molar-refractivity contribution in [2.24, 2.45) is 5.92 Å². The van der Waals surface area contributed by atoms with Crippen LogP contribution in [0.2, 0.25) is 0 Å². The SMILES string of the molecule is COc1cccc(N2CC(C(=O)Nc3ccc(Nc4cc(C)nc(N5CCCCC5)n4)cc3)CC2=O)c1. The van der Waals surface area contributed by atoms with Gasteiger partial charge in [-0.15, -0.1) is 0 Å². The minimum atomic E-state index is -0.422. The first-order chi connectivity index (χ1) is 18.0. The molecule has 2 aliphatic rings. The van der Waals surface area contributed by atoms with E-state index in [1.165, 1.54) is 19.3 Å². The average molecular weight is 501 g/mol. The molecule has 0 spiro atoms. The van der Waals surface area contributed by atoms with Crippen LogP contribution in [-0.4, -0.2) is 48.5 Å². The van der Waals surface area contributed by atoms with E-state index < -0.39 is 5.92 Å². The van der Waals surface area contributed by atoms with Crippen LogP contribution < -0.4 is 25.2 Å². The van der Waals surface area contributed by atoms with Crippen LogP contribution in [0.4, 0.5) is 28.8 Å². The van der Waals surface area contributed by atoms with Crippen molar-refractivity contribution < 1.29 is 14.3 Å². The number of hydrogen-bond acceptors (Lipinski definition) is 7. The van der Waals surface area contributed by atoms with Crippen LogP contribution in [0.25, 0.3) is 0 Å². The summed E-state index contributed by atoms with van der Waals surface area (Å²) in [5.41, 5.74) is 3.19. The number of nitrogens with one attached hydrogen (secondary N) is 2. The van der Waals surface area contributed by atoms with E-state index in [1.807, 2.05) is 55.5 Å². The highest BCUT2D eigenvalue weighted by molar-refractivity contribution is 6.03. The number of piperidine rings is 1.